The van der Waals surface area contributed by atoms with Crippen LogP contribution in [-0.2, 0) is 0 Å². The van der Waals surface area contributed by atoms with Gasteiger partial charge in [0.05, 0.1) is 14.2 Å². The van der Waals surface area contributed by atoms with Crippen LogP contribution in [0.2, 0.25) is 19.6 Å². The molecule has 0 heterocycles. The van der Waals surface area contributed by atoms with E-state index in [1.54, 1.807) is 5.20 Å². The van der Waals surface area contributed by atoms with Crippen LogP contribution in [0, 0.1) is 11.3 Å². The van der Waals surface area contributed by atoms with Crippen LogP contribution >= 0.6 is 0 Å². The van der Waals surface area contributed by atoms with Gasteiger partial charge in [0.2, 0.25) is 0 Å². The Hall–Kier alpha value is -1.12. The summed E-state index contributed by atoms with van der Waals surface area (Å²) in [5, 5.41) is 11.9. The fourth-order valence-electron chi connectivity index (χ4n) is 4.54. The number of allylic oxidation sites excluding steroid dienone is 3. The number of benzene rings is 1. The largest absolute Gasteiger partial charge is 0.393 e. The van der Waals surface area contributed by atoms with E-state index >= 15 is 0 Å². The van der Waals surface area contributed by atoms with Crippen LogP contribution in [0.15, 0.2) is 47.7 Å². The first kappa shape index (κ1) is 15.8. The number of fused-ring (bicyclic) bond motifs is 1. The molecular formula is C20H28OSi. The summed E-state index contributed by atoms with van der Waals surface area (Å²) in [4.78, 5) is 0. The lowest BCUT2D eigenvalue weighted by Gasteiger charge is -2.44. The SMILES string of the molecule is C=C1C(c2ccccc2)=C([Si](C)(C)C)C[C@@]2(C)C[C@@H](O)C[C@@H]12. The Morgan fingerprint density at radius 3 is 2.41 bits per heavy atom. The third-order valence-electron chi connectivity index (χ3n) is 5.64. The Balaban J connectivity index is 2.17. The molecule has 22 heavy (non-hydrogen) atoms. The normalized spacial score (nSPS) is 32.3. The minimum atomic E-state index is -1.44. The molecular weight excluding hydrogens is 284 g/mol. The van der Waals surface area contributed by atoms with Crippen molar-refractivity contribution < 1.29 is 5.11 Å². The first-order chi connectivity index (χ1) is 10.2. The van der Waals surface area contributed by atoms with Gasteiger partial charge in [-0.15, -0.1) is 0 Å². The van der Waals surface area contributed by atoms with E-state index in [4.69, 9.17) is 0 Å². The second-order valence-electron chi connectivity index (χ2n) is 8.47. The molecule has 1 aromatic carbocycles. The molecule has 2 aliphatic rings. The molecule has 0 amide bonds. The van der Waals surface area contributed by atoms with E-state index in [9.17, 15) is 5.11 Å². The van der Waals surface area contributed by atoms with Crippen molar-refractivity contribution in [3.8, 4) is 0 Å². The van der Waals surface area contributed by atoms with Gasteiger partial charge in [-0.05, 0) is 47.3 Å². The molecule has 3 atom stereocenters. The Morgan fingerprint density at radius 2 is 1.82 bits per heavy atom. The third kappa shape index (κ3) is 2.53. The van der Waals surface area contributed by atoms with Gasteiger partial charge in [0, 0.05) is 0 Å². The molecule has 0 aliphatic heterocycles. The van der Waals surface area contributed by atoms with Crippen molar-refractivity contribution in [2.75, 3.05) is 0 Å². The maximum atomic E-state index is 10.2. The first-order valence-electron chi connectivity index (χ1n) is 8.39. The lowest BCUT2D eigenvalue weighted by molar-refractivity contribution is 0.163. The van der Waals surface area contributed by atoms with Crippen LogP contribution in [0.25, 0.3) is 5.57 Å². The predicted molar refractivity (Wildman–Crippen MR) is 97.3 cm³/mol. The molecule has 3 rings (SSSR count). The number of hydrogen-bond donors (Lipinski definition) is 1. The quantitative estimate of drug-likeness (QED) is 0.757. The van der Waals surface area contributed by atoms with Crippen LogP contribution in [0.5, 0.6) is 0 Å². The number of rotatable bonds is 2. The van der Waals surface area contributed by atoms with Crippen LogP contribution in [0.4, 0.5) is 0 Å². The van der Waals surface area contributed by atoms with Gasteiger partial charge in [0.25, 0.3) is 0 Å². The second-order valence-corrected chi connectivity index (χ2v) is 13.6. The van der Waals surface area contributed by atoms with E-state index in [0.29, 0.717) is 5.92 Å². The van der Waals surface area contributed by atoms with Crippen LogP contribution in [0.3, 0.4) is 0 Å². The Labute approximate surface area is 135 Å². The molecule has 118 valence electrons. The van der Waals surface area contributed by atoms with Gasteiger partial charge < -0.3 is 5.11 Å². The first-order valence-corrected chi connectivity index (χ1v) is 11.9. The lowest BCUT2D eigenvalue weighted by Crippen LogP contribution is -2.37. The topological polar surface area (TPSA) is 20.2 Å². The van der Waals surface area contributed by atoms with Crippen molar-refractivity contribution in [2.45, 2.75) is 51.9 Å². The van der Waals surface area contributed by atoms with E-state index < -0.39 is 8.07 Å². The van der Waals surface area contributed by atoms with Crippen molar-refractivity contribution in [3.05, 3.63) is 53.2 Å². The van der Waals surface area contributed by atoms with Gasteiger partial charge in [-0.1, -0.05) is 68.7 Å². The highest BCUT2D eigenvalue weighted by molar-refractivity contribution is 6.84. The minimum Gasteiger partial charge on any atom is -0.393 e. The van der Waals surface area contributed by atoms with Crippen LogP contribution in [0.1, 0.15) is 31.7 Å². The van der Waals surface area contributed by atoms with Crippen molar-refractivity contribution in [2.24, 2.45) is 11.3 Å². The van der Waals surface area contributed by atoms with E-state index in [1.807, 2.05) is 0 Å². The Morgan fingerprint density at radius 1 is 1.18 bits per heavy atom. The molecule has 0 saturated heterocycles. The number of aliphatic hydroxyl groups is 1. The molecule has 2 heteroatoms. The summed E-state index contributed by atoms with van der Waals surface area (Å²) in [6.07, 6.45) is 2.77. The Kier molecular flexibility index (Phi) is 3.73. The van der Waals surface area contributed by atoms with Crippen LogP contribution in [-0.4, -0.2) is 19.3 Å². The van der Waals surface area contributed by atoms with Crippen molar-refractivity contribution >= 4 is 13.6 Å². The summed E-state index contributed by atoms with van der Waals surface area (Å²) in [5.74, 6) is 0.429. The van der Waals surface area contributed by atoms with Gasteiger partial charge in [-0.2, -0.15) is 0 Å². The molecule has 1 fully saturated rings. The maximum Gasteiger partial charge on any atom is 0.0732 e. The van der Waals surface area contributed by atoms with E-state index in [1.165, 1.54) is 16.7 Å². The molecule has 0 bridgehead atoms. The molecule has 1 aromatic rings. The number of aliphatic hydroxyl groups excluding tert-OH is 1. The van der Waals surface area contributed by atoms with E-state index in [-0.39, 0.29) is 11.5 Å². The molecule has 1 nitrogen and oxygen atoms in total. The molecule has 1 N–H and O–H groups in total. The maximum absolute atomic E-state index is 10.2. The summed E-state index contributed by atoms with van der Waals surface area (Å²) < 4.78 is 0. The second kappa shape index (κ2) is 5.21. The highest BCUT2D eigenvalue weighted by Crippen LogP contribution is 2.58. The predicted octanol–water partition coefficient (Wildman–Crippen LogP) is 5.05. The average molecular weight is 313 g/mol. The smallest absolute Gasteiger partial charge is 0.0732 e. The zero-order valence-electron chi connectivity index (χ0n) is 14.3. The fraction of sp³-hybridized carbons (Fsp3) is 0.500. The summed E-state index contributed by atoms with van der Waals surface area (Å²) in [6.45, 7) is 14.2. The highest BCUT2D eigenvalue weighted by Gasteiger charge is 2.50. The van der Waals surface area contributed by atoms with E-state index in [0.717, 1.165) is 19.3 Å². The zero-order chi connectivity index (χ0) is 16.1. The fourth-order valence-corrected chi connectivity index (χ4v) is 6.53. The average Bonchev–Trinajstić information content (AvgIpc) is 2.74. The molecule has 0 unspecified atom stereocenters. The van der Waals surface area contributed by atoms with Crippen molar-refractivity contribution in [3.63, 3.8) is 0 Å². The Bertz CT molecular complexity index is 623. The molecule has 1 saturated carbocycles. The van der Waals surface area contributed by atoms with Gasteiger partial charge in [0.1, 0.15) is 0 Å². The monoisotopic (exact) mass is 312 g/mol. The molecule has 0 radical (unpaired) electrons. The van der Waals surface area contributed by atoms with Gasteiger partial charge in [-0.3, -0.25) is 0 Å². The summed E-state index contributed by atoms with van der Waals surface area (Å²) in [5.41, 5.74) is 4.20. The zero-order valence-corrected chi connectivity index (χ0v) is 15.3. The number of hydrogen-bond acceptors (Lipinski definition) is 1. The highest BCUT2D eigenvalue weighted by atomic mass is 28.3. The van der Waals surface area contributed by atoms with Gasteiger partial charge in [0.15, 0.2) is 0 Å². The lowest BCUT2D eigenvalue weighted by atomic mass is 9.67. The van der Waals surface area contributed by atoms with E-state index in [2.05, 4.69) is 63.5 Å². The summed E-state index contributed by atoms with van der Waals surface area (Å²) in [6, 6.07) is 10.8. The molecule has 0 aromatic heterocycles. The standard InChI is InChI=1S/C20H28OSi/c1-14-17-11-16(21)12-20(17,2)13-18(22(3,4)5)19(14)15-9-7-6-8-10-15/h6-10,16-17,21H,1,11-13H2,2-5H3/t16-,17-,20+/m0/s1. The molecule has 2 aliphatic carbocycles. The van der Waals surface area contributed by atoms with Crippen LogP contribution < -0.4 is 0 Å². The van der Waals surface area contributed by atoms with Gasteiger partial charge in [-0.25, -0.2) is 0 Å². The minimum absolute atomic E-state index is 0.162. The molecule has 0 spiro atoms. The van der Waals surface area contributed by atoms with Gasteiger partial charge >= 0.3 is 0 Å². The summed E-state index contributed by atoms with van der Waals surface area (Å²) in [7, 11) is -1.44. The van der Waals surface area contributed by atoms with Crippen molar-refractivity contribution in [1.82, 2.24) is 0 Å². The third-order valence-corrected chi connectivity index (χ3v) is 7.88. The van der Waals surface area contributed by atoms with Crippen molar-refractivity contribution in [1.29, 1.82) is 0 Å². The summed E-state index contributed by atoms with van der Waals surface area (Å²) >= 11 is 0.